The number of ketones is 1. The van der Waals surface area contributed by atoms with E-state index in [0.717, 1.165) is 24.4 Å². The predicted molar refractivity (Wildman–Crippen MR) is 74.6 cm³/mol. The summed E-state index contributed by atoms with van der Waals surface area (Å²) < 4.78 is 1.85. The van der Waals surface area contributed by atoms with Gasteiger partial charge in [0.1, 0.15) is 5.69 Å². The van der Waals surface area contributed by atoms with Crippen molar-refractivity contribution in [3.63, 3.8) is 0 Å². The molecule has 0 bridgehead atoms. The van der Waals surface area contributed by atoms with Crippen LogP contribution in [0.25, 0.3) is 0 Å². The maximum Gasteiger partial charge on any atom is 0.188 e. The zero-order chi connectivity index (χ0) is 13.8. The fourth-order valence-corrected chi connectivity index (χ4v) is 2.17. The van der Waals surface area contributed by atoms with E-state index in [2.05, 4.69) is 10.1 Å². The van der Waals surface area contributed by atoms with E-state index >= 15 is 0 Å². The number of hydrogen-bond donors (Lipinski definition) is 0. The van der Waals surface area contributed by atoms with Crippen LogP contribution in [-0.4, -0.2) is 20.5 Å². The second-order valence-electron chi connectivity index (χ2n) is 4.23. The van der Waals surface area contributed by atoms with Gasteiger partial charge in [-0.1, -0.05) is 18.5 Å². The minimum Gasteiger partial charge on any atom is -0.292 e. The predicted octanol–water partition coefficient (Wildman–Crippen LogP) is 2.94. The number of pyridine rings is 1. The number of Topliss-reactive ketones (excluding diaryl/α,β-unsaturated/α-hetero) is 1. The Morgan fingerprint density at radius 2 is 2.21 bits per heavy atom. The summed E-state index contributed by atoms with van der Waals surface area (Å²) in [6.45, 7) is 4.80. The molecule has 19 heavy (non-hydrogen) atoms. The van der Waals surface area contributed by atoms with Crippen molar-refractivity contribution in [2.45, 2.75) is 33.2 Å². The lowest BCUT2D eigenvalue weighted by molar-refractivity contribution is 0.0986. The molecule has 0 unspecified atom stereocenters. The number of aryl methyl sites for hydroxylation is 2. The number of halogens is 1. The van der Waals surface area contributed by atoms with Crippen LogP contribution in [0.2, 0.25) is 5.02 Å². The molecule has 0 amide bonds. The molecule has 0 spiro atoms. The van der Waals surface area contributed by atoms with Gasteiger partial charge in [0.15, 0.2) is 5.78 Å². The summed E-state index contributed by atoms with van der Waals surface area (Å²) in [4.78, 5) is 16.3. The van der Waals surface area contributed by atoms with Crippen molar-refractivity contribution < 1.29 is 4.79 Å². The van der Waals surface area contributed by atoms with Crippen LogP contribution in [0.3, 0.4) is 0 Å². The summed E-state index contributed by atoms with van der Waals surface area (Å²) in [7, 11) is 0. The minimum atomic E-state index is -0.0807. The fraction of sp³-hybridized carbons (Fsp3) is 0.357. The second-order valence-corrected chi connectivity index (χ2v) is 4.64. The van der Waals surface area contributed by atoms with Gasteiger partial charge in [0, 0.05) is 18.4 Å². The Bertz CT molecular complexity index is 592. The molecule has 2 aromatic rings. The molecule has 100 valence electrons. The molecule has 0 aliphatic carbocycles. The lowest BCUT2D eigenvalue weighted by Gasteiger charge is -2.04. The normalized spacial score (nSPS) is 10.7. The Morgan fingerprint density at radius 1 is 1.42 bits per heavy atom. The molecule has 0 fully saturated rings. The average Bonchev–Trinajstić information content (AvgIpc) is 2.81. The van der Waals surface area contributed by atoms with Crippen molar-refractivity contribution in [3.8, 4) is 0 Å². The van der Waals surface area contributed by atoms with E-state index in [9.17, 15) is 4.79 Å². The molecule has 0 saturated heterocycles. The third-order valence-electron chi connectivity index (χ3n) is 2.94. The van der Waals surface area contributed by atoms with Crippen molar-refractivity contribution in [3.05, 3.63) is 46.5 Å². The first-order valence-corrected chi connectivity index (χ1v) is 6.72. The lowest BCUT2D eigenvalue weighted by Crippen LogP contribution is -2.11. The molecule has 5 heteroatoms. The number of hydrogen-bond acceptors (Lipinski definition) is 3. The topological polar surface area (TPSA) is 47.8 Å². The highest BCUT2D eigenvalue weighted by Crippen LogP contribution is 2.16. The lowest BCUT2D eigenvalue weighted by atomic mass is 10.1. The average molecular weight is 278 g/mol. The number of carbonyl (C=O) groups excluding carboxylic acids is 1. The minimum absolute atomic E-state index is 0.0807. The van der Waals surface area contributed by atoms with Gasteiger partial charge in [0.05, 0.1) is 17.1 Å². The summed E-state index contributed by atoms with van der Waals surface area (Å²) in [5.74, 6) is -0.0807. The Balaban J connectivity index is 2.24. The van der Waals surface area contributed by atoms with Crippen LogP contribution in [0.4, 0.5) is 0 Å². The highest BCUT2D eigenvalue weighted by molar-refractivity contribution is 6.33. The van der Waals surface area contributed by atoms with Gasteiger partial charge < -0.3 is 0 Å². The van der Waals surface area contributed by atoms with E-state index in [0.29, 0.717) is 10.7 Å². The molecule has 0 aliphatic rings. The molecule has 0 atom stereocenters. The molecule has 2 rings (SSSR count). The number of aromatic nitrogens is 3. The van der Waals surface area contributed by atoms with Crippen LogP contribution in [0.5, 0.6) is 0 Å². The third-order valence-corrected chi connectivity index (χ3v) is 3.24. The van der Waals surface area contributed by atoms with Crippen LogP contribution in [0.15, 0.2) is 24.4 Å². The molecule has 0 aliphatic heterocycles. The van der Waals surface area contributed by atoms with E-state index in [4.69, 9.17) is 11.6 Å². The molecule has 0 aromatic carbocycles. The largest absolute Gasteiger partial charge is 0.292 e. The smallest absolute Gasteiger partial charge is 0.188 e. The van der Waals surface area contributed by atoms with Crippen LogP contribution in [-0.2, 0) is 19.4 Å². The summed E-state index contributed by atoms with van der Waals surface area (Å²) in [5.41, 5.74) is 2.23. The van der Waals surface area contributed by atoms with E-state index in [1.54, 1.807) is 18.3 Å². The summed E-state index contributed by atoms with van der Waals surface area (Å²) in [5, 5.41) is 4.82. The van der Waals surface area contributed by atoms with Crippen LogP contribution in [0, 0.1) is 0 Å². The molecular formula is C14H16ClN3O. The molecule has 4 nitrogen and oxygen atoms in total. The Morgan fingerprint density at radius 3 is 2.84 bits per heavy atom. The standard InChI is InChI=1S/C14H16ClN3O/c1-3-10-8-11(18(4-2)17-10)9-13(19)14-12(15)6-5-7-16-14/h5-8H,3-4,9H2,1-2H3. The summed E-state index contributed by atoms with van der Waals surface area (Å²) in [6.07, 6.45) is 2.71. The van der Waals surface area contributed by atoms with Gasteiger partial charge in [-0.2, -0.15) is 5.10 Å². The Kier molecular flexibility index (Phi) is 4.32. The first-order valence-electron chi connectivity index (χ1n) is 6.35. The van der Waals surface area contributed by atoms with Gasteiger partial charge >= 0.3 is 0 Å². The first-order chi connectivity index (χ1) is 9.15. The van der Waals surface area contributed by atoms with Gasteiger partial charge in [0.25, 0.3) is 0 Å². The Labute approximate surface area is 117 Å². The van der Waals surface area contributed by atoms with E-state index in [1.165, 1.54) is 0 Å². The van der Waals surface area contributed by atoms with Crippen molar-refractivity contribution in [2.75, 3.05) is 0 Å². The summed E-state index contributed by atoms with van der Waals surface area (Å²) >= 11 is 5.99. The van der Waals surface area contributed by atoms with Crippen molar-refractivity contribution in [1.82, 2.24) is 14.8 Å². The van der Waals surface area contributed by atoms with Gasteiger partial charge in [0.2, 0.25) is 0 Å². The van der Waals surface area contributed by atoms with Gasteiger partial charge in [-0.3, -0.25) is 14.5 Å². The maximum absolute atomic E-state index is 12.2. The number of rotatable bonds is 5. The molecule has 0 radical (unpaired) electrons. The quantitative estimate of drug-likeness (QED) is 0.790. The van der Waals surface area contributed by atoms with Crippen LogP contribution < -0.4 is 0 Å². The van der Waals surface area contributed by atoms with E-state index < -0.39 is 0 Å². The summed E-state index contributed by atoms with van der Waals surface area (Å²) in [6, 6.07) is 5.36. The van der Waals surface area contributed by atoms with E-state index in [1.807, 2.05) is 24.6 Å². The highest BCUT2D eigenvalue weighted by atomic mass is 35.5. The van der Waals surface area contributed by atoms with Gasteiger partial charge in [-0.25, -0.2) is 0 Å². The molecule has 0 N–H and O–H groups in total. The first kappa shape index (κ1) is 13.7. The maximum atomic E-state index is 12.2. The highest BCUT2D eigenvalue weighted by Gasteiger charge is 2.15. The third kappa shape index (κ3) is 3.01. The fourth-order valence-electron chi connectivity index (χ4n) is 1.94. The number of nitrogens with zero attached hydrogens (tertiary/aromatic N) is 3. The van der Waals surface area contributed by atoms with Crippen LogP contribution >= 0.6 is 11.6 Å². The molecular weight excluding hydrogens is 262 g/mol. The van der Waals surface area contributed by atoms with E-state index in [-0.39, 0.29) is 12.2 Å². The zero-order valence-corrected chi connectivity index (χ0v) is 11.8. The van der Waals surface area contributed by atoms with Crippen molar-refractivity contribution >= 4 is 17.4 Å². The van der Waals surface area contributed by atoms with Crippen LogP contribution in [0.1, 0.15) is 35.7 Å². The zero-order valence-electron chi connectivity index (χ0n) is 11.1. The monoisotopic (exact) mass is 277 g/mol. The Hall–Kier alpha value is -1.68. The molecule has 0 saturated carbocycles. The molecule has 2 aromatic heterocycles. The van der Waals surface area contributed by atoms with Gasteiger partial charge in [-0.05, 0) is 31.5 Å². The second kappa shape index (κ2) is 5.97. The van der Waals surface area contributed by atoms with Gasteiger partial charge in [-0.15, -0.1) is 0 Å². The van der Waals surface area contributed by atoms with Crippen molar-refractivity contribution in [2.24, 2.45) is 0 Å². The SMILES string of the molecule is CCc1cc(CC(=O)c2ncccc2Cl)n(CC)n1. The van der Waals surface area contributed by atoms with Crippen molar-refractivity contribution in [1.29, 1.82) is 0 Å². The molecule has 2 heterocycles. The number of carbonyl (C=O) groups is 1.